The third kappa shape index (κ3) is 3.43. The van der Waals surface area contributed by atoms with Crippen LogP contribution >= 0.6 is 0 Å². The van der Waals surface area contributed by atoms with Crippen LogP contribution in [0.25, 0.3) is 0 Å². The van der Waals surface area contributed by atoms with E-state index in [0.29, 0.717) is 6.61 Å². The zero-order valence-electron chi connectivity index (χ0n) is 10.1. The summed E-state index contributed by atoms with van der Waals surface area (Å²) in [7, 11) is 1.67. The van der Waals surface area contributed by atoms with Crippen molar-refractivity contribution in [2.75, 3.05) is 33.4 Å². The highest BCUT2D eigenvalue weighted by molar-refractivity contribution is 5.27. The molecule has 2 rings (SSSR count). The Kier molecular flexibility index (Phi) is 4.36. The fourth-order valence-corrected chi connectivity index (χ4v) is 2.02. The molecule has 1 aromatic rings. The Morgan fingerprint density at radius 1 is 1.41 bits per heavy atom. The monoisotopic (exact) mass is 237 g/mol. The van der Waals surface area contributed by atoms with Gasteiger partial charge in [-0.2, -0.15) is 0 Å². The molecule has 1 heterocycles. The molecule has 0 aliphatic carbocycles. The van der Waals surface area contributed by atoms with Crippen LogP contribution in [-0.4, -0.2) is 49.5 Å². The van der Waals surface area contributed by atoms with Gasteiger partial charge < -0.3 is 14.6 Å². The lowest BCUT2D eigenvalue weighted by atomic mass is 10.2. The lowest BCUT2D eigenvalue weighted by Gasteiger charge is -2.31. The van der Waals surface area contributed by atoms with Crippen molar-refractivity contribution in [2.45, 2.75) is 12.6 Å². The van der Waals surface area contributed by atoms with E-state index in [-0.39, 0.29) is 12.7 Å². The molecule has 0 saturated carbocycles. The molecule has 0 spiro atoms. The Labute approximate surface area is 102 Å². The molecule has 4 nitrogen and oxygen atoms in total. The molecule has 17 heavy (non-hydrogen) atoms. The molecule has 1 aromatic carbocycles. The fraction of sp³-hybridized carbons (Fsp3) is 0.538. The van der Waals surface area contributed by atoms with Crippen LogP contribution in [0.1, 0.15) is 5.56 Å². The molecule has 0 bridgehead atoms. The topological polar surface area (TPSA) is 41.9 Å². The number of morpholine rings is 1. The molecule has 94 valence electrons. The van der Waals surface area contributed by atoms with Gasteiger partial charge in [0.1, 0.15) is 5.75 Å². The van der Waals surface area contributed by atoms with Crippen molar-refractivity contribution in [3.05, 3.63) is 29.8 Å². The molecular weight excluding hydrogens is 218 g/mol. The lowest BCUT2D eigenvalue weighted by Crippen LogP contribution is -2.43. The van der Waals surface area contributed by atoms with Crippen LogP contribution in [0.4, 0.5) is 0 Å². The average molecular weight is 237 g/mol. The van der Waals surface area contributed by atoms with E-state index in [4.69, 9.17) is 14.6 Å². The average Bonchev–Trinajstić information content (AvgIpc) is 2.40. The molecule has 0 amide bonds. The van der Waals surface area contributed by atoms with Crippen LogP contribution in [0.3, 0.4) is 0 Å². The highest BCUT2D eigenvalue weighted by atomic mass is 16.5. The number of nitrogens with zero attached hydrogens (tertiary/aromatic N) is 1. The Morgan fingerprint density at radius 2 is 2.18 bits per heavy atom. The number of aliphatic hydroxyl groups excluding tert-OH is 1. The van der Waals surface area contributed by atoms with Gasteiger partial charge in [-0.25, -0.2) is 0 Å². The van der Waals surface area contributed by atoms with Crippen molar-refractivity contribution < 1.29 is 14.6 Å². The van der Waals surface area contributed by atoms with Crippen LogP contribution < -0.4 is 4.74 Å². The van der Waals surface area contributed by atoms with Crippen LogP contribution in [0.5, 0.6) is 5.75 Å². The van der Waals surface area contributed by atoms with Gasteiger partial charge >= 0.3 is 0 Å². The zero-order chi connectivity index (χ0) is 12.1. The largest absolute Gasteiger partial charge is 0.497 e. The zero-order valence-corrected chi connectivity index (χ0v) is 10.1. The van der Waals surface area contributed by atoms with E-state index in [1.165, 1.54) is 5.56 Å². The smallest absolute Gasteiger partial charge is 0.118 e. The molecule has 1 atom stereocenters. The molecule has 4 heteroatoms. The molecule has 1 fully saturated rings. The Balaban J connectivity index is 1.90. The first-order valence-corrected chi connectivity index (χ1v) is 5.89. The van der Waals surface area contributed by atoms with Crippen molar-refractivity contribution >= 4 is 0 Å². The summed E-state index contributed by atoms with van der Waals surface area (Å²) < 4.78 is 10.5. The van der Waals surface area contributed by atoms with E-state index < -0.39 is 0 Å². The number of hydrogen-bond acceptors (Lipinski definition) is 4. The first kappa shape index (κ1) is 12.4. The lowest BCUT2D eigenvalue weighted by molar-refractivity contribution is -0.0551. The molecule has 0 unspecified atom stereocenters. The van der Waals surface area contributed by atoms with Gasteiger partial charge in [0.05, 0.1) is 26.4 Å². The van der Waals surface area contributed by atoms with Crippen molar-refractivity contribution in [3.63, 3.8) is 0 Å². The van der Waals surface area contributed by atoms with Gasteiger partial charge in [0, 0.05) is 19.6 Å². The first-order valence-electron chi connectivity index (χ1n) is 5.89. The predicted octanol–water partition coefficient (Wildman–Crippen LogP) is 0.888. The third-order valence-electron chi connectivity index (χ3n) is 2.99. The molecule has 1 aliphatic rings. The summed E-state index contributed by atoms with van der Waals surface area (Å²) in [4.78, 5) is 2.30. The van der Waals surface area contributed by atoms with Gasteiger partial charge in [0.2, 0.25) is 0 Å². The van der Waals surface area contributed by atoms with E-state index in [0.717, 1.165) is 25.4 Å². The third-order valence-corrected chi connectivity index (χ3v) is 2.99. The Morgan fingerprint density at radius 3 is 2.82 bits per heavy atom. The summed E-state index contributed by atoms with van der Waals surface area (Å²) in [5.41, 5.74) is 1.25. The molecule has 0 aromatic heterocycles. The quantitative estimate of drug-likeness (QED) is 0.844. The second-order valence-electron chi connectivity index (χ2n) is 4.26. The maximum absolute atomic E-state index is 9.07. The number of ether oxygens (including phenoxy) is 2. The van der Waals surface area contributed by atoms with E-state index in [1.54, 1.807) is 7.11 Å². The molecular formula is C13H19NO3. The van der Waals surface area contributed by atoms with E-state index in [1.807, 2.05) is 12.1 Å². The Bertz CT molecular complexity index is 339. The standard InChI is InChI=1S/C13H19NO3/c1-16-12-4-2-11(3-5-12)8-14-6-7-17-13(9-14)10-15/h2-5,13,15H,6-10H2,1H3/t13-/m0/s1. The maximum atomic E-state index is 9.07. The van der Waals surface area contributed by atoms with Gasteiger partial charge in [-0.3, -0.25) is 4.90 Å². The first-order chi connectivity index (χ1) is 8.31. The van der Waals surface area contributed by atoms with Gasteiger partial charge in [-0.15, -0.1) is 0 Å². The fourth-order valence-electron chi connectivity index (χ4n) is 2.02. The van der Waals surface area contributed by atoms with Crippen molar-refractivity contribution in [1.29, 1.82) is 0 Å². The van der Waals surface area contributed by atoms with Crippen molar-refractivity contribution in [2.24, 2.45) is 0 Å². The SMILES string of the molecule is COc1ccc(CN2CCO[C@H](CO)C2)cc1. The maximum Gasteiger partial charge on any atom is 0.118 e. The van der Waals surface area contributed by atoms with Crippen molar-refractivity contribution in [3.8, 4) is 5.75 Å². The summed E-state index contributed by atoms with van der Waals surface area (Å²) in [5, 5.41) is 9.07. The van der Waals surface area contributed by atoms with Crippen LogP contribution in [0.2, 0.25) is 0 Å². The second kappa shape index (κ2) is 6.00. The summed E-state index contributed by atoms with van der Waals surface area (Å²) >= 11 is 0. The highest BCUT2D eigenvalue weighted by Crippen LogP contribution is 2.14. The highest BCUT2D eigenvalue weighted by Gasteiger charge is 2.19. The minimum Gasteiger partial charge on any atom is -0.497 e. The molecule has 1 aliphatic heterocycles. The number of rotatable bonds is 4. The van der Waals surface area contributed by atoms with Gasteiger partial charge in [-0.05, 0) is 17.7 Å². The Hall–Kier alpha value is -1.10. The normalized spacial score (nSPS) is 21.4. The minimum atomic E-state index is -0.0398. The number of hydrogen-bond donors (Lipinski definition) is 1. The number of benzene rings is 1. The van der Waals surface area contributed by atoms with Crippen LogP contribution in [0, 0.1) is 0 Å². The van der Waals surface area contributed by atoms with E-state index in [9.17, 15) is 0 Å². The predicted molar refractivity (Wildman–Crippen MR) is 65.1 cm³/mol. The molecule has 1 N–H and O–H groups in total. The minimum absolute atomic E-state index is 0.0398. The molecule has 1 saturated heterocycles. The molecule has 0 radical (unpaired) electrons. The van der Waals surface area contributed by atoms with Crippen molar-refractivity contribution in [1.82, 2.24) is 4.90 Å². The van der Waals surface area contributed by atoms with Gasteiger partial charge in [-0.1, -0.05) is 12.1 Å². The summed E-state index contributed by atoms with van der Waals surface area (Å²) in [6, 6.07) is 8.09. The number of aliphatic hydroxyl groups is 1. The van der Waals surface area contributed by atoms with E-state index in [2.05, 4.69) is 17.0 Å². The summed E-state index contributed by atoms with van der Waals surface area (Å²) in [5.74, 6) is 0.879. The van der Waals surface area contributed by atoms with Crippen LogP contribution in [0.15, 0.2) is 24.3 Å². The van der Waals surface area contributed by atoms with Gasteiger partial charge in [0.15, 0.2) is 0 Å². The second-order valence-corrected chi connectivity index (χ2v) is 4.26. The summed E-state index contributed by atoms with van der Waals surface area (Å²) in [6.07, 6.45) is -0.0398. The van der Waals surface area contributed by atoms with Gasteiger partial charge in [0.25, 0.3) is 0 Å². The number of methoxy groups -OCH3 is 1. The summed E-state index contributed by atoms with van der Waals surface area (Å²) in [6.45, 7) is 3.40. The van der Waals surface area contributed by atoms with E-state index >= 15 is 0 Å². The van der Waals surface area contributed by atoms with Crippen LogP contribution in [-0.2, 0) is 11.3 Å².